The predicted molar refractivity (Wildman–Crippen MR) is 102 cm³/mol. The van der Waals surface area contributed by atoms with Crippen LogP contribution < -0.4 is 10.6 Å². The van der Waals surface area contributed by atoms with Crippen molar-refractivity contribution in [3.63, 3.8) is 0 Å². The van der Waals surface area contributed by atoms with E-state index in [0.29, 0.717) is 18.8 Å². The summed E-state index contributed by atoms with van der Waals surface area (Å²) in [6.45, 7) is 3.21. The van der Waals surface area contributed by atoms with Gasteiger partial charge in [-0.15, -0.1) is 0 Å². The number of anilines is 2. The van der Waals surface area contributed by atoms with E-state index in [-0.39, 0.29) is 29.1 Å². The molecule has 2 aliphatic rings. The van der Waals surface area contributed by atoms with Gasteiger partial charge in [0.15, 0.2) is 0 Å². The monoisotopic (exact) mass is 367 g/mol. The molecule has 4 rings (SSSR count). The predicted octanol–water partition coefficient (Wildman–Crippen LogP) is 4.02. The maximum Gasteiger partial charge on any atom is 0.321 e. The van der Waals surface area contributed by atoms with Gasteiger partial charge in [0.05, 0.1) is 0 Å². The van der Waals surface area contributed by atoms with Crippen molar-refractivity contribution in [1.29, 1.82) is 0 Å². The molecule has 1 aliphatic heterocycles. The van der Waals surface area contributed by atoms with Crippen LogP contribution in [0, 0.1) is 24.1 Å². The van der Waals surface area contributed by atoms with Gasteiger partial charge in [0.2, 0.25) is 5.91 Å². The summed E-state index contributed by atoms with van der Waals surface area (Å²) in [5, 5.41) is 5.70. The van der Waals surface area contributed by atoms with Gasteiger partial charge < -0.3 is 15.5 Å². The van der Waals surface area contributed by atoms with Crippen LogP contribution in [0.3, 0.4) is 0 Å². The molecule has 2 fully saturated rings. The van der Waals surface area contributed by atoms with E-state index in [9.17, 15) is 14.0 Å². The fourth-order valence-electron chi connectivity index (χ4n) is 3.87. The summed E-state index contributed by atoms with van der Waals surface area (Å²) in [4.78, 5) is 26.8. The number of hydrogen-bond donors (Lipinski definition) is 2. The van der Waals surface area contributed by atoms with Crippen LogP contribution in [-0.2, 0) is 4.79 Å². The number of rotatable bonds is 3. The first kappa shape index (κ1) is 17.5. The van der Waals surface area contributed by atoms with Crippen LogP contribution in [0.25, 0.3) is 0 Å². The number of nitrogens with zero attached hydrogens (tertiary/aromatic N) is 1. The number of amides is 3. The number of carbonyl (C=O) groups is 2. The third kappa shape index (κ3) is 3.65. The van der Waals surface area contributed by atoms with Gasteiger partial charge in [-0.2, -0.15) is 0 Å². The molecule has 1 aliphatic carbocycles. The number of likely N-dealkylation sites (tertiary alicyclic amines) is 1. The normalized spacial score (nSPS) is 23.3. The van der Waals surface area contributed by atoms with Crippen LogP contribution in [0.5, 0.6) is 0 Å². The van der Waals surface area contributed by atoms with Crippen molar-refractivity contribution in [2.24, 2.45) is 11.3 Å². The number of hydrogen-bond acceptors (Lipinski definition) is 2. The van der Waals surface area contributed by atoms with Crippen molar-refractivity contribution in [2.45, 2.75) is 19.8 Å². The van der Waals surface area contributed by atoms with Crippen LogP contribution in [0.15, 0.2) is 48.5 Å². The number of urea groups is 1. The molecule has 0 aromatic heterocycles. The molecular formula is C21H22FN3O2. The summed E-state index contributed by atoms with van der Waals surface area (Å²) < 4.78 is 13.3. The van der Waals surface area contributed by atoms with Crippen molar-refractivity contribution < 1.29 is 14.0 Å². The molecule has 0 radical (unpaired) electrons. The molecule has 3 amide bonds. The second-order valence-electron chi connectivity index (χ2n) is 7.59. The van der Waals surface area contributed by atoms with Crippen LogP contribution in [0.2, 0.25) is 0 Å². The fraction of sp³-hybridized carbons (Fsp3) is 0.333. The minimum absolute atomic E-state index is 0.0959. The van der Waals surface area contributed by atoms with E-state index in [1.165, 1.54) is 12.1 Å². The summed E-state index contributed by atoms with van der Waals surface area (Å²) in [7, 11) is 0. The molecule has 1 heterocycles. The van der Waals surface area contributed by atoms with Gasteiger partial charge in [-0.3, -0.25) is 4.79 Å². The Labute approximate surface area is 157 Å². The summed E-state index contributed by atoms with van der Waals surface area (Å²) in [5.74, 6) is -0.600. The lowest BCUT2D eigenvalue weighted by atomic mass is 10.0. The van der Waals surface area contributed by atoms with E-state index in [2.05, 4.69) is 10.6 Å². The second-order valence-corrected chi connectivity index (χ2v) is 7.59. The molecule has 2 N–H and O–H groups in total. The zero-order valence-electron chi connectivity index (χ0n) is 15.2. The topological polar surface area (TPSA) is 61.4 Å². The highest BCUT2D eigenvalue weighted by Crippen LogP contribution is 2.58. The van der Waals surface area contributed by atoms with Crippen LogP contribution in [-0.4, -0.2) is 29.9 Å². The average Bonchev–Trinajstić information content (AvgIpc) is 3.17. The van der Waals surface area contributed by atoms with Crippen molar-refractivity contribution in [3.05, 3.63) is 59.9 Å². The zero-order chi connectivity index (χ0) is 19.0. The van der Waals surface area contributed by atoms with E-state index < -0.39 is 0 Å². The highest BCUT2D eigenvalue weighted by Gasteiger charge is 2.61. The van der Waals surface area contributed by atoms with Crippen LogP contribution in [0.1, 0.15) is 18.4 Å². The Hall–Kier alpha value is -2.89. The lowest BCUT2D eigenvalue weighted by molar-refractivity contribution is -0.118. The molecule has 1 spiro atoms. The highest BCUT2D eigenvalue weighted by atomic mass is 19.1. The zero-order valence-corrected chi connectivity index (χ0v) is 15.2. The molecule has 6 heteroatoms. The largest absolute Gasteiger partial charge is 0.326 e. The van der Waals surface area contributed by atoms with Crippen LogP contribution in [0.4, 0.5) is 20.6 Å². The molecule has 27 heavy (non-hydrogen) atoms. The van der Waals surface area contributed by atoms with E-state index in [1.54, 1.807) is 17.0 Å². The van der Waals surface area contributed by atoms with Gasteiger partial charge in [-0.1, -0.05) is 23.8 Å². The highest BCUT2D eigenvalue weighted by molar-refractivity contribution is 5.95. The van der Waals surface area contributed by atoms with Crippen molar-refractivity contribution in [1.82, 2.24) is 4.90 Å². The fourth-order valence-corrected chi connectivity index (χ4v) is 3.87. The maximum atomic E-state index is 13.3. The molecule has 5 nitrogen and oxygen atoms in total. The SMILES string of the molecule is Cc1ccc(NC(=O)N2CC[C@]3(C[C@@H]3C(=O)Nc3cccc(F)c3)C2)cc1. The third-order valence-corrected chi connectivity index (χ3v) is 5.57. The average molecular weight is 367 g/mol. The molecule has 1 saturated heterocycles. The van der Waals surface area contributed by atoms with Gasteiger partial charge in [0, 0.05) is 35.8 Å². The van der Waals surface area contributed by atoms with Crippen molar-refractivity contribution in [2.75, 3.05) is 23.7 Å². The Kier molecular flexibility index (Phi) is 4.34. The minimum atomic E-state index is -0.377. The summed E-state index contributed by atoms with van der Waals surface area (Å²) in [6.07, 6.45) is 1.58. The van der Waals surface area contributed by atoms with E-state index >= 15 is 0 Å². The van der Waals surface area contributed by atoms with Gasteiger partial charge in [-0.05, 0) is 50.1 Å². The molecule has 0 unspecified atom stereocenters. The van der Waals surface area contributed by atoms with Gasteiger partial charge in [0.25, 0.3) is 0 Å². The Morgan fingerprint density at radius 3 is 2.63 bits per heavy atom. The lowest BCUT2D eigenvalue weighted by Crippen LogP contribution is -2.33. The summed E-state index contributed by atoms with van der Waals surface area (Å²) in [5.41, 5.74) is 2.23. The van der Waals surface area contributed by atoms with E-state index in [0.717, 1.165) is 24.1 Å². The Bertz CT molecular complexity index is 883. The quantitative estimate of drug-likeness (QED) is 0.861. The number of nitrogens with one attached hydrogen (secondary N) is 2. The Morgan fingerprint density at radius 2 is 1.89 bits per heavy atom. The van der Waals surface area contributed by atoms with Crippen molar-refractivity contribution >= 4 is 23.3 Å². The van der Waals surface area contributed by atoms with Gasteiger partial charge >= 0.3 is 6.03 Å². The Morgan fingerprint density at radius 1 is 1.11 bits per heavy atom. The first-order valence-electron chi connectivity index (χ1n) is 9.14. The molecule has 2 aromatic carbocycles. The number of aryl methyl sites for hydroxylation is 1. The second kappa shape index (κ2) is 6.68. The van der Waals surface area contributed by atoms with E-state index in [4.69, 9.17) is 0 Å². The summed E-state index contributed by atoms with van der Waals surface area (Å²) in [6, 6.07) is 13.4. The standard InChI is InChI=1S/C21H22FN3O2/c1-14-5-7-16(8-6-14)24-20(27)25-10-9-21(13-25)12-18(21)19(26)23-17-4-2-3-15(22)11-17/h2-8,11,18H,9-10,12-13H2,1H3,(H,23,26)(H,24,27)/t18-,21+/m1/s1. The molecule has 1 saturated carbocycles. The van der Waals surface area contributed by atoms with E-state index in [1.807, 2.05) is 31.2 Å². The Balaban J connectivity index is 1.33. The van der Waals surface area contributed by atoms with Gasteiger partial charge in [0.1, 0.15) is 5.82 Å². The number of carbonyl (C=O) groups excluding carboxylic acids is 2. The van der Waals surface area contributed by atoms with Gasteiger partial charge in [-0.25, -0.2) is 9.18 Å². The summed E-state index contributed by atoms with van der Waals surface area (Å²) >= 11 is 0. The van der Waals surface area contributed by atoms with Crippen LogP contribution >= 0.6 is 0 Å². The third-order valence-electron chi connectivity index (χ3n) is 5.57. The maximum absolute atomic E-state index is 13.3. The minimum Gasteiger partial charge on any atom is -0.326 e. The smallest absolute Gasteiger partial charge is 0.321 e. The molecule has 140 valence electrons. The number of benzene rings is 2. The molecule has 2 aromatic rings. The first-order valence-corrected chi connectivity index (χ1v) is 9.14. The first-order chi connectivity index (χ1) is 12.9. The number of halogens is 1. The molecular weight excluding hydrogens is 345 g/mol. The molecule has 2 atom stereocenters. The molecule has 0 bridgehead atoms. The van der Waals surface area contributed by atoms with Crippen molar-refractivity contribution in [3.8, 4) is 0 Å². The lowest BCUT2D eigenvalue weighted by Gasteiger charge is -2.17.